The van der Waals surface area contributed by atoms with Gasteiger partial charge in [0.05, 0.1) is 18.1 Å². The standard InChI is InChI=1S/C17H22N2O5/c1-3-19-9(8-20)7-10-11(19)5-4-6-17(2)13(10)18-15(22)12(14(17)21)16(23)24/h7,13,20-21H,3-6,8H2,1-2H3,(H,18,22)(H,23,24). The van der Waals surface area contributed by atoms with E-state index in [-0.39, 0.29) is 12.4 Å². The molecule has 0 bridgehead atoms. The van der Waals surface area contributed by atoms with Gasteiger partial charge in [0.15, 0.2) is 5.57 Å². The molecule has 2 aliphatic rings. The number of aliphatic carboxylic acids is 1. The number of carboxylic acid groups (broad SMARTS) is 1. The minimum absolute atomic E-state index is 0.111. The molecule has 2 heterocycles. The van der Waals surface area contributed by atoms with Crippen LogP contribution in [0.4, 0.5) is 0 Å². The maximum atomic E-state index is 12.2. The Kier molecular flexibility index (Phi) is 3.91. The van der Waals surface area contributed by atoms with E-state index >= 15 is 0 Å². The molecule has 0 radical (unpaired) electrons. The molecule has 24 heavy (non-hydrogen) atoms. The Labute approximate surface area is 139 Å². The third kappa shape index (κ3) is 2.15. The zero-order valence-corrected chi connectivity index (χ0v) is 13.8. The number of fused-ring (bicyclic) bond motifs is 3. The molecule has 0 saturated heterocycles. The van der Waals surface area contributed by atoms with Gasteiger partial charge in [-0.05, 0) is 37.8 Å². The average molecular weight is 334 g/mol. The van der Waals surface area contributed by atoms with Gasteiger partial charge < -0.3 is 25.2 Å². The van der Waals surface area contributed by atoms with E-state index in [4.69, 9.17) is 0 Å². The Balaban J connectivity index is 2.21. The monoisotopic (exact) mass is 334 g/mol. The average Bonchev–Trinajstić information content (AvgIpc) is 2.81. The van der Waals surface area contributed by atoms with Crippen molar-refractivity contribution in [3.8, 4) is 0 Å². The summed E-state index contributed by atoms with van der Waals surface area (Å²) in [6.45, 7) is 4.36. The number of carbonyl (C=O) groups excluding carboxylic acids is 1. The van der Waals surface area contributed by atoms with E-state index in [0.29, 0.717) is 13.0 Å². The lowest BCUT2D eigenvalue weighted by atomic mass is 9.71. The number of nitrogens with zero attached hydrogens (tertiary/aromatic N) is 1. The van der Waals surface area contributed by atoms with Gasteiger partial charge in [0.1, 0.15) is 5.76 Å². The lowest BCUT2D eigenvalue weighted by molar-refractivity contribution is -0.136. The smallest absolute Gasteiger partial charge is 0.344 e. The van der Waals surface area contributed by atoms with Gasteiger partial charge in [-0.2, -0.15) is 0 Å². The van der Waals surface area contributed by atoms with Crippen molar-refractivity contribution in [1.29, 1.82) is 0 Å². The summed E-state index contributed by atoms with van der Waals surface area (Å²) in [4.78, 5) is 23.6. The van der Waals surface area contributed by atoms with Crippen LogP contribution in [0.1, 0.15) is 49.7 Å². The first kappa shape index (κ1) is 16.6. The van der Waals surface area contributed by atoms with Crippen LogP contribution in [-0.4, -0.2) is 31.8 Å². The minimum atomic E-state index is -1.42. The van der Waals surface area contributed by atoms with Crippen LogP contribution in [-0.2, 0) is 29.2 Å². The van der Waals surface area contributed by atoms with Gasteiger partial charge in [-0.25, -0.2) is 4.79 Å². The number of aliphatic hydroxyl groups excluding tert-OH is 2. The van der Waals surface area contributed by atoms with E-state index in [1.165, 1.54) is 0 Å². The van der Waals surface area contributed by atoms with Crippen molar-refractivity contribution in [3.63, 3.8) is 0 Å². The highest BCUT2D eigenvalue weighted by molar-refractivity contribution is 6.17. The molecule has 1 aromatic heterocycles. The van der Waals surface area contributed by atoms with Crippen molar-refractivity contribution in [2.45, 2.75) is 52.3 Å². The first-order valence-corrected chi connectivity index (χ1v) is 8.15. The molecule has 2 atom stereocenters. The molecule has 3 rings (SSSR count). The van der Waals surface area contributed by atoms with Crippen LogP contribution >= 0.6 is 0 Å². The highest BCUT2D eigenvalue weighted by Crippen LogP contribution is 2.50. The highest BCUT2D eigenvalue weighted by Gasteiger charge is 2.50. The maximum Gasteiger partial charge on any atom is 0.344 e. The summed E-state index contributed by atoms with van der Waals surface area (Å²) >= 11 is 0. The summed E-state index contributed by atoms with van der Waals surface area (Å²) in [5.41, 5.74) is 1.19. The molecule has 1 amide bonds. The second kappa shape index (κ2) is 5.66. The molecule has 0 saturated carbocycles. The molecule has 130 valence electrons. The van der Waals surface area contributed by atoms with Crippen LogP contribution in [0.5, 0.6) is 0 Å². The topological polar surface area (TPSA) is 112 Å². The second-order valence-corrected chi connectivity index (χ2v) is 6.65. The zero-order valence-electron chi connectivity index (χ0n) is 13.8. The van der Waals surface area contributed by atoms with Crippen LogP contribution in [0.2, 0.25) is 0 Å². The third-order valence-electron chi connectivity index (χ3n) is 5.36. The van der Waals surface area contributed by atoms with Crippen molar-refractivity contribution in [1.82, 2.24) is 9.88 Å². The lowest BCUT2D eigenvalue weighted by Crippen LogP contribution is -2.48. The summed E-state index contributed by atoms with van der Waals surface area (Å²) in [6.07, 6.45) is 2.07. The van der Waals surface area contributed by atoms with Crippen molar-refractivity contribution in [2.24, 2.45) is 5.41 Å². The Morgan fingerprint density at radius 1 is 1.50 bits per heavy atom. The van der Waals surface area contributed by atoms with Gasteiger partial charge in [0.25, 0.3) is 5.91 Å². The predicted molar refractivity (Wildman–Crippen MR) is 85.2 cm³/mol. The van der Waals surface area contributed by atoms with E-state index in [9.17, 15) is 24.9 Å². The molecule has 1 aliphatic heterocycles. The molecule has 0 aromatic carbocycles. The maximum absolute atomic E-state index is 12.2. The van der Waals surface area contributed by atoms with Gasteiger partial charge in [0, 0.05) is 17.9 Å². The van der Waals surface area contributed by atoms with Crippen LogP contribution in [0, 0.1) is 5.41 Å². The number of hydrogen-bond acceptors (Lipinski definition) is 4. The summed E-state index contributed by atoms with van der Waals surface area (Å²) in [6, 6.07) is 1.34. The fourth-order valence-corrected chi connectivity index (χ4v) is 4.12. The molecule has 0 fully saturated rings. The molecule has 2 unspecified atom stereocenters. The molecule has 7 nitrogen and oxygen atoms in total. The molecule has 1 aliphatic carbocycles. The highest BCUT2D eigenvalue weighted by atomic mass is 16.4. The largest absolute Gasteiger partial charge is 0.511 e. The molecule has 4 N–H and O–H groups in total. The molecular weight excluding hydrogens is 312 g/mol. The third-order valence-corrected chi connectivity index (χ3v) is 5.36. The molecule has 0 spiro atoms. The molecule has 7 heteroatoms. The normalized spacial score (nSPS) is 26.5. The SMILES string of the molecule is CCn1c(CO)cc2c1CCCC1(C)C(O)=C(C(=O)O)C(=O)NC21. The van der Waals surface area contributed by atoms with E-state index in [2.05, 4.69) is 5.32 Å². The van der Waals surface area contributed by atoms with Gasteiger partial charge in [-0.15, -0.1) is 0 Å². The Morgan fingerprint density at radius 2 is 2.21 bits per heavy atom. The summed E-state index contributed by atoms with van der Waals surface area (Å²) in [5.74, 6) is -2.55. The number of hydrogen-bond donors (Lipinski definition) is 4. The second-order valence-electron chi connectivity index (χ2n) is 6.65. The first-order chi connectivity index (χ1) is 11.3. The Hall–Kier alpha value is -2.28. The number of amides is 1. The van der Waals surface area contributed by atoms with E-state index < -0.39 is 28.9 Å². The van der Waals surface area contributed by atoms with Crippen molar-refractivity contribution in [2.75, 3.05) is 0 Å². The van der Waals surface area contributed by atoms with E-state index in [1.54, 1.807) is 6.92 Å². The lowest BCUT2D eigenvalue weighted by Gasteiger charge is -2.40. The Bertz CT molecular complexity index is 748. The minimum Gasteiger partial charge on any atom is -0.511 e. The van der Waals surface area contributed by atoms with Crippen LogP contribution < -0.4 is 5.32 Å². The quantitative estimate of drug-likeness (QED) is 0.625. The number of rotatable bonds is 3. The van der Waals surface area contributed by atoms with Crippen molar-refractivity contribution >= 4 is 11.9 Å². The summed E-state index contributed by atoms with van der Waals surface area (Å²) in [5, 5.41) is 32.2. The summed E-state index contributed by atoms with van der Waals surface area (Å²) < 4.78 is 2.03. The Morgan fingerprint density at radius 3 is 2.79 bits per heavy atom. The number of aromatic nitrogens is 1. The fourth-order valence-electron chi connectivity index (χ4n) is 4.12. The molecule has 1 aromatic rings. The van der Waals surface area contributed by atoms with Gasteiger partial charge in [0.2, 0.25) is 0 Å². The van der Waals surface area contributed by atoms with Gasteiger partial charge in [-0.1, -0.05) is 6.92 Å². The number of carboxylic acids is 1. The number of nitrogens with one attached hydrogen (secondary N) is 1. The van der Waals surface area contributed by atoms with Crippen molar-refractivity contribution < 1.29 is 24.9 Å². The number of aliphatic hydroxyl groups is 2. The first-order valence-electron chi connectivity index (χ1n) is 8.15. The van der Waals surface area contributed by atoms with E-state index in [1.807, 2.05) is 17.6 Å². The van der Waals surface area contributed by atoms with Gasteiger partial charge in [-0.3, -0.25) is 4.79 Å². The molecular formula is C17H22N2O5. The summed E-state index contributed by atoms with van der Waals surface area (Å²) in [7, 11) is 0. The van der Waals surface area contributed by atoms with Crippen LogP contribution in [0.25, 0.3) is 0 Å². The predicted octanol–water partition coefficient (Wildman–Crippen LogP) is 1.41. The van der Waals surface area contributed by atoms with Gasteiger partial charge >= 0.3 is 5.97 Å². The zero-order chi connectivity index (χ0) is 17.6. The van der Waals surface area contributed by atoms with Crippen LogP contribution in [0.15, 0.2) is 17.4 Å². The fraction of sp³-hybridized carbons (Fsp3) is 0.529. The van der Waals surface area contributed by atoms with E-state index in [0.717, 1.165) is 29.8 Å². The van der Waals surface area contributed by atoms with Crippen molar-refractivity contribution in [3.05, 3.63) is 34.3 Å². The van der Waals surface area contributed by atoms with Crippen LogP contribution in [0.3, 0.4) is 0 Å². The number of carbonyl (C=O) groups is 2.